The molecule has 108 valence electrons. The second-order valence-electron chi connectivity index (χ2n) is 4.93. The van der Waals surface area contributed by atoms with Crippen molar-refractivity contribution in [2.75, 3.05) is 0 Å². The van der Waals surface area contributed by atoms with E-state index in [-0.39, 0.29) is 5.91 Å². The first-order chi connectivity index (χ1) is 10.2. The molecule has 2 heterocycles. The number of carbonyl (C=O) groups excluding carboxylic acids is 1. The summed E-state index contributed by atoms with van der Waals surface area (Å²) in [5, 5.41) is 15.1. The van der Waals surface area contributed by atoms with Gasteiger partial charge in [0.05, 0.1) is 11.2 Å². The molecule has 1 amide bonds. The van der Waals surface area contributed by atoms with Crippen molar-refractivity contribution < 1.29 is 4.79 Å². The molecule has 6 heteroatoms. The highest BCUT2D eigenvalue weighted by Crippen LogP contribution is 2.15. The zero-order chi connectivity index (χ0) is 14.8. The van der Waals surface area contributed by atoms with Gasteiger partial charge in [0.25, 0.3) is 5.91 Å². The van der Waals surface area contributed by atoms with Gasteiger partial charge >= 0.3 is 0 Å². The second kappa shape index (κ2) is 5.40. The van der Waals surface area contributed by atoms with Crippen molar-refractivity contribution in [3.63, 3.8) is 0 Å². The van der Waals surface area contributed by atoms with Gasteiger partial charge in [-0.25, -0.2) is 0 Å². The number of H-pyrrole nitrogens is 1. The summed E-state index contributed by atoms with van der Waals surface area (Å²) in [6.07, 6.45) is 2.78. The minimum Gasteiger partial charge on any atom is -0.346 e. The third-order valence-electron chi connectivity index (χ3n) is 3.45. The molecule has 0 unspecified atom stereocenters. The minimum absolute atomic E-state index is 0.182. The number of hydrogen-bond acceptors (Lipinski definition) is 3. The van der Waals surface area contributed by atoms with Crippen LogP contribution in [0, 0.1) is 0 Å². The van der Waals surface area contributed by atoms with Gasteiger partial charge in [-0.1, -0.05) is 25.1 Å². The van der Waals surface area contributed by atoms with Crippen LogP contribution in [0.5, 0.6) is 0 Å². The molecule has 1 aromatic carbocycles. The van der Waals surface area contributed by atoms with Crippen molar-refractivity contribution >= 4 is 16.8 Å². The molecule has 21 heavy (non-hydrogen) atoms. The summed E-state index contributed by atoms with van der Waals surface area (Å²) in [6.45, 7) is 2.51. The van der Waals surface area contributed by atoms with Crippen LogP contribution in [0.25, 0.3) is 10.9 Å². The smallest absolute Gasteiger partial charge is 0.272 e. The summed E-state index contributed by atoms with van der Waals surface area (Å²) in [6, 6.07) is 7.58. The van der Waals surface area contributed by atoms with Crippen molar-refractivity contribution in [1.82, 2.24) is 25.3 Å². The first kappa shape index (κ1) is 13.4. The molecule has 3 aromatic rings. The SMILES string of the molecule is CCc1nn(C)cc1CNC(=O)c1n[nH]c2ccccc12. The maximum Gasteiger partial charge on any atom is 0.272 e. The van der Waals surface area contributed by atoms with Crippen LogP contribution in [0.2, 0.25) is 0 Å². The van der Waals surface area contributed by atoms with E-state index in [2.05, 4.69) is 27.5 Å². The molecule has 0 spiro atoms. The fourth-order valence-electron chi connectivity index (χ4n) is 2.42. The number of hydrogen-bond donors (Lipinski definition) is 2. The molecule has 0 aliphatic rings. The maximum atomic E-state index is 12.3. The topological polar surface area (TPSA) is 75.6 Å². The van der Waals surface area contributed by atoms with Crippen molar-refractivity contribution in [2.45, 2.75) is 19.9 Å². The number of nitrogens with zero attached hydrogens (tertiary/aromatic N) is 3. The molecule has 0 saturated heterocycles. The Bertz CT molecular complexity index is 786. The average molecular weight is 283 g/mol. The molecular weight excluding hydrogens is 266 g/mol. The van der Waals surface area contributed by atoms with Gasteiger partial charge in [0.15, 0.2) is 5.69 Å². The third kappa shape index (κ3) is 2.52. The monoisotopic (exact) mass is 283 g/mol. The van der Waals surface area contributed by atoms with Crippen LogP contribution >= 0.6 is 0 Å². The summed E-state index contributed by atoms with van der Waals surface area (Å²) >= 11 is 0. The van der Waals surface area contributed by atoms with Gasteiger partial charge in [0.2, 0.25) is 0 Å². The van der Waals surface area contributed by atoms with Gasteiger partial charge in [-0.05, 0) is 12.5 Å². The first-order valence-electron chi connectivity index (χ1n) is 6.91. The second-order valence-corrected chi connectivity index (χ2v) is 4.93. The van der Waals surface area contributed by atoms with E-state index in [1.165, 1.54) is 0 Å². The molecule has 2 N–H and O–H groups in total. The number of aryl methyl sites for hydroxylation is 2. The Labute approximate surface area is 122 Å². The average Bonchev–Trinajstić information content (AvgIpc) is 3.07. The number of aromatic nitrogens is 4. The predicted octanol–water partition coefficient (Wildman–Crippen LogP) is 1.79. The predicted molar refractivity (Wildman–Crippen MR) is 79.8 cm³/mol. The first-order valence-corrected chi connectivity index (χ1v) is 6.91. The fraction of sp³-hybridized carbons (Fsp3) is 0.267. The van der Waals surface area contributed by atoms with Crippen LogP contribution in [-0.4, -0.2) is 25.9 Å². The summed E-state index contributed by atoms with van der Waals surface area (Å²) in [5.41, 5.74) is 3.32. The standard InChI is InChI=1S/C15H17N5O/c1-3-12-10(9-20(2)19-12)8-16-15(21)14-11-6-4-5-7-13(11)17-18-14/h4-7,9H,3,8H2,1-2H3,(H,16,21)(H,17,18). The number of fused-ring (bicyclic) bond motifs is 1. The van der Waals surface area contributed by atoms with E-state index in [9.17, 15) is 4.79 Å². The Balaban J connectivity index is 1.77. The molecule has 3 rings (SSSR count). The Kier molecular flexibility index (Phi) is 3.43. The van der Waals surface area contributed by atoms with Gasteiger partial charge < -0.3 is 5.32 Å². The van der Waals surface area contributed by atoms with Gasteiger partial charge in [0.1, 0.15) is 0 Å². The number of carbonyl (C=O) groups is 1. The normalized spacial score (nSPS) is 11.0. The van der Waals surface area contributed by atoms with Crippen LogP contribution in [0.1, 0.15) is 28.7 Å². The molecule has 2 aromatic heterocycles. The molecule has 0 saturated carbocycles. The molecule has 0 bridgehead atoms. The van der Waals surface area contributed by atoms with Crippen molar-refractivity contribution in [3.8, 4) is 0 Å². The van der Waals surface area contributed by atoms with E-state index in [0.717, 1.165) is 28.6 Å². The molecule has 0 aliphatic heterocycles. The molecular formula is C15H17N5O. The Morgan fingerprint density at radius 3 is 3.00 bits per heavy atom. The largest absolute Gasteiger partial charge is 0.346 e. The van der Waals surface area contributed by atoms with Crippen molar-refractivity contribution in [1.29, 1.82) is 0 Å². The molecule has 0 radical (unpaired) electrons. The van der Waals surface area contributed by atoms with Gasteiger partial charge in [-0.3, -0.25) is 14.6 Å². The van der Waals surface area contributed by atoms with E-state index in [1.807, 2.05) is 37.5 Å². The third-order valence-corrected chi connectivity index (χ3v) is 3.45. The van der Waals surface area contributed by atoms with Gasteiger partial charge in [-0.2, -0.15) is 10.2 Å². The molecule has 0 atom stereocenters. The lowest BCUT2D eigenvalue weighted by atomic mass is 10.2. The van der Waals surface area contributed by atoms with E-state index in [0.29, 0.717) is 12.2 Å². The number of nitrogens with one attached hydrogen (secondary N) is 2. The highest BCUT2D eigenvalue weighted by Gasteiger charge is 2.14. The lowest BCUT2D eigenvalue weighted by Crippen LogP contribution is -2.23. The van der Waals surface area contributed by atoms with E-state index >= 15 is 0 Å². The summed E-state index contributed by atoms with van der Waals surface area (Å²) in [4.78, 5) is 12.3. The van der Waals surface area contributed by atoms with Crippen LogP contribution in [-0.2, 0) is 20.0 Å². The van der Waals surface area contributed by atoms with Crippen LogP contribution in [0.4, 0.5) is 0 Å². The number of aromatic amines is 1. The molecule has 0 aliphatic carbocycles. The van der Waals surface area contributed by atoms with E-state index in [1.54, 1.807) is 4.68 Å². The highest BCUT2D eigenvalue weighted by atomic mass is 16.1. The lowest BCUT2D eigenvalue weighted by Gasteiger charge is -2.03. The quantitative estimate of drug-likeness (QED) is 0.766. The Morgan fingerprint density at radius 1 is 1.38 bits per heavy atom. The minimum atomic E-state index is -0.182. The highest BCUT2D eigenvalue weighted by molar-refractivity contribution is 6.04. The van der Waals surface area contributed by atoms with Crippen LogP contribution in [0.3, 0.4) is 0 Å². The molecule has 0 fully saturated rings. The number of benzene rings is 1. The van der Waals surface area contributed by atoms with Gasteiger partial charge in [0, 0.05) is 30.7 Å². The van der Waals surface area contributed by atoms with Crippen LogP contribution in [0.15, 0.2) is 30.5 Å². The van der Waals surface area contributed by atoms with Crippen molar-refractivity contribution in [2.24, 2.45) is 7.05 Å². The summed E-state index contributed by atoms with van der Waals surface area (Å²) in [7, 11) is 1.88. The summed E-state index contributed by atoms with van der Waals surface area (Å²) < 4.78 is 1.77. The lowest BCUT2D eigenvalue weighted by molar-refractivity contribution is 0.0947. The molecule has 6 nitrogen and oxygen atoms in total. The van der Waals surface area contributed by atoms with Crippen LogP contribution < -0.4 is 5.32 Å². The zero-order valence-electron chi connectivity index (χ0n) is 12.1. The number of rotatable bonds is 4. The van der Waals surface area contributed by atoms with E-state index < -0.39 is 0 Å². The Hall–Kier alpha value is -2.63. The van der Waals surface area contributed by atoms with E-state index in [4.69, 9.17) is 0 Å². The number of para-hydroxylation sites is 1. The maximum absolute atomic E-state index is 12.3. The van der Waals surface area contributed by atoms with Gasteiger partial charge in [-0.15, -0.1) is 0 Å². The summed E-state index contributed by atoms with van der Waals surface area (Å²) in [5.74, 6) is -0.182. The fourth-order valence-corrected chi connectivity index (χ4v) is 2.42. The van der Waals surface area contributed by atoms with Crippen molar-refractivity contribution in [3.05, 3.63) is 47.4 Å². The zero-order valence-corrected chi connectivity index (χ0v) is 12.1. The Morgan fingerprint density at radius 2 is 2.19 bits per heavy atom. The number of amides is 1.